The average molecular weight is 441 g/mol. The molecule has 0 spiro atoms. The summed E-state index contributed by atoms with van der Waals surface area (Å²) in [6.07, 6.45) is 7.09. The van der Waals surface area contributed by atoms with Crippen molar-refractivity contribution in [2.75, 3.05) is 19.6 Å². The van der Waals surface area contributed by atoms with E-state index in [1.165, 1.54) is 5.56 Å². The minimum Gasteiger partial charge on any atom is -0.339 e. The normalized spacial score (nSPS) is 20.1. The Morgan fingerprint density at radius 3 is 2.26 bits per heavy atom. The Kier molecular flexibility index (Phi) is 7.08. The second-order valence-electron chi connectivity index (χ2n) is 8.68. The van der Waals surface area contributed by atoms with Gasteiger partial charge in [0.1, 0.15) is 0 Å². The van der Waals surface area contributed by atoms with Crippen molar-refractivity contribution in [1.29, 1.82) is 0 Å². The van der Waals surface area contributed by atoms with Crippen LogP contribution in [0.2, 0.25) is 0 Å². The molecule has 4 rings (SSSR count). The Balaban J connectivity index is 1.33. The molecular formula is C25H32N2O3S. The van der Waals surface area contributed by atoms with E-state index in [1.54, 1.807) is 16.4 Å². The number of carbonyl (C=O) groups is 1. The van der Waals surface area contributed by atoms with Crippen molar-refractivity contribution in [2.45, 2.75) is 62.3 Å². The predicted octanol–water partition coefficient (Wildman–Crippen LogP) is 4.03. The molecule has 2 aromatic carbocycles. The van der Waals surface area contributed by atoms with Crippen molar-refractivity contribution in [3.05, 3.63) is 65.7 Å². The molecule has 0 bridgehead atoms. The lowest BCUT2D eigenvalue weighted by Crippen LogP contribution is -2.37. The van der Waals surface area contributed by atoms with Gasteiger partial charge in [0, 0.05) is 32.1 Å². The molecule has 2 fully saturated rings. The number of rotatable bonds is 7. The van der Waals surface area contributed by atoms with Gasteiger partial charge < -0.3 is 4.90 Å². The predicted molar refractivity (Wildman–Crippen MR) is 122 cm³/mol. The van der Waals surface area contributed by atoms with Crippen LogP contribution in [0, 0.1) is 0 Å². The molecule has 1 atom stereocenters. The number of aryl methyl sites for hydroxylation is 1. The topological polar surface area (TPSA) is 57.7 Å². The first kappa shape index (κ1) is 22.0. The molecular weight excluding hydrogens is 408 g/mol. The summed E-state index contributed by atoms with van der Waals surface area (Å²) in [5.41, 5.74) is 2.28. The van der Waals surface area contributed by atoms with Crippen LogP contribution >= 0.6 is 0 Å². The second-order valence-corrected chi connectivity index (χ2v) is 10.6. The lowest BCUT2D eigenvalue weighted by Gasteiger charge is -2.26. The van der Waals surface area contributed by atoms with Gasteiger partial charge >= 0.3 is 0 Å². The number of sulfonamides is 1. The number of benzene rings is 2. The third kappa shape index (κ3) is 5.36. The van der Waals surface area contributed by atoms with Gasteiger partial charge in [0.2, 0.25) is 15.9 Å². The highest BCUT2D eigenvalue weighted by Gasteiger charge is 2.29. The Morgan fingerprint density at radius 1 is 0.839 bits per heavy atom. The monoisotopic (exact) mass is 440 g/mol. The molecule has 31 heavy (non-hydrogen) atoms. The van der Waals surface area contributed by atoms with E-state index in [2.05, 4.69) is 12.1 Å². The van der Waals surface area contributed by atoms with Crippen molar-refractivity contribution in [1.82, 2.24) is 9.21 Å². The summed E-state index contributed by atoms with van der Waals surface area (Å²) in [6, 6.07) is 17.7. The molecule has 0 radical (unpaired) electrons. The van der Waals surface area contributed by atoms with Gasteiger partial charge in [-0.1, -0.05) is 48.9 Å². The number of hydrogen-bond acceptors (Lipinski definition) is 3. The summed E-state index contributed by atoms with van der Waals surface area (Å²) >= 11 is 0. The molecule has 166 valence electrons. The minimum atomic E-state index is -3.40. The van der Waals surface area contributed by atoms with Crippen molar-refractivity contribution < 1.29 is 13.2 Å². The largest absolute Gasteiger partial charge is 0.339 e. The molecule has 2 aliphatic heterocycles. The van der Waals surface area contributed by atoms with E-state index in [-0.39, 0.29) is 11.9 Å². The van der Waals surface area contributed by atoms with Crippen LogP contribution in [0.4, 0.5) is 0 Å². The maximum absolute atomic E-state index is 12.9. The summed E-state index contributed by atoms with van der Waals surface area (Å²) in [5.74, 6) is 0.198. The summed E-state index contributed by atoms with van der Waals surface area (Å²) in [6.45, 7) is 2.06. The first-order valence-corrected chi connectivity index (χ1v) is 12.9. The zero-order valence-electron chi connectivity index (χ0n) is 18.1. The van der Waals surface area contributed by atoms with Crippen LogP contribution in [-0.2, 0) is 27.7 Å². The molecule has 1 amide bonds. The number of carbonyl (C=O) groups excluding carboxylic acids is 1. The van der Waals surface area contributed by atoms with Gasteiger partial charge in [-0.2, -0.15) is 4.31 Å². The van der Waals surface area contributed by atoms with Gasteiger partial charge in [-0.15, -0.1) is 0 Å². The van der Waals surface area contributed by atoms with E-state index in [4.69, 9.17) is 0 Å². The SMILES string of the molecule is O=C(CCc1ccc(S(=O)(=O)N2CCCCC2)cc1)N1CCCC1Cc1ccccc1. The van der Waals surface area contributed by atoms with Gasteiger partial charge in [0.05, 0.1) is 4.90 Å². The molecule has 5 nitrogen and oxygen atoms in total. The van der Waals surface area contributed by atoms with Crippen molar-refractivity contribution in [2.24, 2.45) is 0 Å². The van der Waals surface area contributed by atoms with Crippen LogP contribution in [-0.4, -0.2) is 49.2 Å². The van der Waals surface area contributed by atoms with Crippen LogP contribution in [0.1, 0.15) is 49.7 Å². The third-order valence-corrected chi connectivity index (χ3v) is 8.43. The summed E-state index contributed by atoms with van der Waals surface area (Å²) in [5, 5.41) is 0. The van der Waals surface area contributed by atoms with E-state index in [9.17, 15) is 13.2 Å². The quantitative estimate of drug-likeness (QED) is 0.653. The molecule has 0 N–H and O–H groups in total. The molecule has 0 aromatic heterocycles. The van der Waals surface area contributed by atoms with E-state index < -0.39 is 10.0 Å². The van der Waals surface area contributed by atoms with E-state index in [0.717, 1.165) is 50.6 Å². The van der Waals surface area contributed by atoms with Crippen LogP contribution in [0.25, 0.3) is 0 Å². The standard InChI is InChI=1S/C25H32N2O3S/c28-25(27-19-7-10-23(27)20-22-8-3-1-4-9-22)16-13-21-11-14-24(15-12-21)31(29,30)26-17-5-2-6-18-26/h1,3-4,8-9,11-12,14-15,23H,2,5-7,10,13,16-20H2. The van der Waals surface area contributed by atoms with E-state index in [0.29, 0.717) is 30.8 Å². The first-order chi connectivity index (χ1) is 15.0. The molecule has 6 heteroatoms. The fraction of sp³-hybridized carbons (Fsp3) is 0.480. The van der Waals surface area contributed by atoms with Crippen LogP contribution in [0.5, 0.6) is 0 Å². The Labute approximate surface area is 186 Å². The second kappa shape index (κ2) is 9.96. The summed E-state index contributed by atoms with van der Waals surface area (Å²) < 4.78 is 27.2. The Morgan fingerprint density at radius 2 is 1.55 bits per heavy atom. The lowest BCUT2D eigenvalue weighted by molar-refractivity contribution is -0.131. The van der Waals surface area contributed by atoms with Crippen molar-refractivity contribution in [3.8, 4) is 0 Å². The zero-order chi connectivity index (χ0) is 21.7. The van der Waals surface area contributed by atoms with Gasteiger partial charge in [-0.3, -0.25) is 4.79 Å². The Hall–Kier alpha value is -2.18. The van der Waals surface area contributed by atoms with Gasteiger partial charge in [0.25, 0.3) is 0 Å². The fourth-order valence-corrected chi connectivity index (χ4v) is 6.26. The molecule has 2 saturated heterocycles. The van der Waals surface area contributed by atoms with Gasteiger partial charge in [0.15, 0.2) is 0 Å². The highest BCUT2D eigenvalue weighted by Crippen LogP contribution is 2.24. The number of nitrogens with zero attached hydrogens (tertiary/aromatic N) is 2. The highest BCUT2D eigenvalue weighted by atomic mass is 32.2. The molecule has 2 heterocycles. The van der Waals surface area contributed by atoms with Crippen LogP contribution in [0.3, 0.4) is 0 Å². The highest BCUT2D eigenvalue weighted by molar-refractivity contribution is 7.89. The van der Waals surface area contributed by atoms with E-state index >= 15 is 0 Å². The summed E-state index contributed by atoms with van der Waals surface area (Å²) in [7, 11) is -3.40. The minimum absolute atomic E-state index is 0.198. The Bertz CT molecular complexity index is 968. The van der Waals surface area contributed by atoms with Gasteiger partial charge in [-0.05, 0) is 61.8 Å². The number of piperidine rings is 1. The van der Waals surface area contributed by atoms with Gasteiger partial charge in [-0.25, -0.2) is 8.42 Å². The molecule has 2 aliphatic rings. The fourth-order valence-electron chi connectivity index (χ4n) is 4.74. The molecule has 2 aromatic rings. The zero-order valence-corrected chi connectivity index (χ0v) is 18.9. The number of hydrogen-bond donors (Lipinski definition) is 0. The molecule has 0 aliphatic carbocycles. The summed E-state index contributed by atoms with van der Waals surface area (Å²) in [4.78, 5) is 15.3. The van der Waals surface area contributed by atoms with Crippen molar-refractivity contribution in [3.63, 3.8) is 0 Å². The molecule has 0 saturated carbocycles. The van der Waals surface area contributed by atoms with E-state index in [1.807, 2.05) is 35.2 Å². The number of likely N-dealkylation sites (tertiary alicyclic amines) is 1. The van der Waals surface area contributed by atoms with Crippen molar-refractivity contribution >= 4 is 15.9 Å². The van der Waals surface area contributed by atoms with Crippen LogP contribution < -0.4 is 0 Å². The smallest absolute Gasteiger partial charge is 0.243 e. The first-order valence-electron chi connectivity index (χ1n) is 11.5. The third-order valence-electron chi connectivity index (χ3n) is 6.52. The molecule has 1 unspecified atom stereocenters. The lowest BCUT2D eigenvalue weighted by atomic mass is 10.0. The average Bonchev–Trinajstić information content (AvgIpc) is 3.27. The maximum atomic E-state index is 12.9. The maximum Gasteiger partial charge on any atom is 0.243 e. The number of amides is 1. The van der Waals surface area contributed by atoms with Crippen LogP contribution in [0.15, 0.2) is 59.5 Å².